The standard InChI is InChI=1S/C25H23ClFN7O5/c1-38-21-9-20-15(10-28-25(31-20)30-19-6-2-5-18(26)24(19)27)8-22(21)39-17-4-3-7-32(13-17)23(35)14-33-12-16(11-29-33)34(36)37/h2,5-6,8-12,17H,3-4,7,13-14H2,1H3,(H,28,30,31)/t17-/m1/s1. The zero-order chi connectivity index (χ0) is 27.5. The zero-order valence-electron chi connectivity index (χ0n) is 20.7. The van der Waals surface area contributed by atoms with Crippen LogP contribution in [0.3, 0.4) is 0 Å². The Bertz CT molecular complexity index is 1550. The molecule has 0 aliphatic carbocycles. The quantitative estimate of drug-likeness (QED) is 0.248. The van der Waals surface area contributed by atoms with Crippen molar-refractivity contribution in [2.45, 2.75) is 25.5 Å². The molecule has 0 radical (unpaired) electrons. The molecular formula is C25H23ClFN7O5. The number of hydrogen-bond acceptors (Lipinski definition) is 9. The van der Waals surface area contributed by atoms with Crippen molar-refractivity contribution in [3.8, 4) is 11.5 Å². The number of hydrogen-bond donors (Lipinski definition) is 1. The molecule has 3 heterocycles. The van der Waals surface area contributed by atoms with Crippen LogP contribution in [0.2, 0.25) is 5.02 Å². The number of carbonyl (C=O) groups excluding carboxylic acids is 1. The Kier molecular flexibility index (Phi) is 7.41. The van der Waals surface area contributed by atoms with E-state index in [0.717, 1.165) is 19.0 Å². The predicted octanol–water partition coefficient (Wildman–Crippen LogP) is 4.35. The van der Waals surface area contributed by atoms with Crippen LogP contribution in [0.1, 0.15) is 12.8 Å². The smallest absolute Gasteiger partial charge is 0.307 e. The van der Waals surface area contributed by atoms with Crippen molar-refractivity contribution in [3.63, 3.8) is 0 Å². The molecule has 2 aromatic carbocycles. The van der Waals surface area contributed by atoms with E-state index in [0.29, 0.717) is 35.5 Å². The molecule has 1 aliphatic heterocycles. The van der Waals surface area contributed by atoms with Crippen LogP contribution in [0.15, 0.2) is 48.9 Å². The SMILES string of the molecule is COc1cc2nc(Nc3cccc(Cl)c3F)ncc2cc1O[C@@H]1CCCN(C(=O)Cn2cc([N+](=O)[O-])cn2)C1. The maximum Gasteiger partial charge on any atom is 0.307 e. The number of anilines is 2. The highest BCUT2D eigenvalue weighted by molar-refractivity contribution is 6.31. The van der Waals surface area contributed by atoms with Crippen molar-refractivity contribution < 1.29 is 23.6 Å². The van der Waals surface area contributed by atoms with E-state index in [4.69, 9.17) is 21.1 Å². The van der Waals surface area contributed by atoms with E-state index in [9.17, 15) is 19.3 Å². The Morgan fingerprint density at radius 2 is 2.15 bits per heavy atom. The van der Waals surface area contributed by atoms with Crippen LogP contribution in [0.4, 0.5) is 21.7 Å². The predicted molar refractivity (Wildman–Crippen MR) is 140 cm³/mol. The lowest BCUT2D eigenvalue weighted by atomic mass is 10.1. The first kappa shape index (κ1) is 26.1. The van der Waals surface area contributed by atoms with Crippen LogP contribution in [-0.4, -0.2) is 61.8 Å². The molecule has 4 aromatic rings. The molecule has 0 spiro atoms. The summed E-state index contributed by atoms with van der Waals surface area (Å²) in [4.78, 5) is 33.5. The number of carbonyl (C=O) groups is 1. The van der Waals surface area contributed by atoms with E-state index in [-0.39, 0.29) is 40.9 Å². The second kappa shape index (κ2) is 11.1. The summed E-state index contributed by atoms with van der Waals surface area (Å²) >= 11 is 5.85. The van der Waals surface area contributed by atoms with Crippen LogP contribution >= 0.6 is 11.6 Å². The van der Waals surface area contributed by atoms with Gasteiger partial charge >= 0.3 is 5.69 Å². The summed E-state index contributed by atoms with van der Waals surface area (Å²) in [5, 5.41) is 18.2. The molecule has 1 N–H and O–H groups in total. The molecule has 1 atom stereocenters. The van der Waals surface area contributed by atoms with Gasteiger partial charge < -0.3 is 19.7 Å². The van der Waals surface area contributed by atoms with Crippen LogP contribution in [-0.2, 0) is 11.3 Å². The fourth-order valence-corrected chi connectivity index (χ4v) is 4.46. The van der Waals surface area contributed by atoms with E-state index < -0.39 is 10.7 Å². The maximum absolute atomic E-state index is 14.3. The van der Waals surface area contributed by atoms with Gasteiger partial charge in [0.25, 0.3) is 0 Å². The lowest BCUT2D eigenvalue weighted by Gasteiger charge is -2.33. The lowest BCUT2D eigenvalue weighted by Crippen LogP contribution is -2.45. The van der Waals surface area contributed by atoms with Crippen molar-refractivity contribution in [1.29, 1.82) is 0 Å². The number of halogens is 2. The molecule has 0 saturated carbocycles. The van der Waals surface area contributed by atoms with Crippen molar-refractivity contribution in [2.75, 3.05) is 25.5 Å². The van der Waals surface area contributed by atoms with Gasteiger partial charge in [0.2, 0.25) is 11.9 Å². The van der Waals surface area contributed by atoms with Gasteiger partial charge in [-0.1, -0.05) is 17.7 Å². The van der Waals surface area contributed by atoms with Gasteiger partial charge in [0.05, 0.1) is 34.8 Å². The maximum atomic E-state index is 14.3. The van der Waals surface area contributed by atoms with Crippen molar-refractivity contribution in [2.24, 2.45) is 0 Å². The number of methoxy groups -OCH3 is 1. The van der Waals surface area contributed by atoms with Gasteiger partial charge in [0.1, 0.15) is 25.0 Å². The van der Waals surface area contributed by atoms with Gasteiger partial charge in [0, 0.05) is 24.2 Å². The summed E-state index contributed by atoms with van der Waals surface area (Å²) in [5.74, 6) is 0.278. The summed E-state index contributed by atoms with van der Waals surface area (Å²) < 4.78 is 27.3. The third-order valence-corrected chi connectivity index (χ3v) is 6.51. The second-order valence-electron chi connectivity index (χ2n) is 8.86. The third kappa shape index (κ3) is 5.82. The minimum atomic E-state index is -0.602. The Hall–Kier alpha value is -4.52. The van der Waals surface area contributed by atoms with Gasteiger partial charge in [0.15, 0.2) is 17.3 Å². The van der Waals surface area contributed by atoms with Crippen LogP contribution in [0.5, 0.6) is 11.5 Å². The zero-order valence-corrected chi connectivity index (χ0v) is 21.5. The first-order chi connectivity index (χ1) is 18.8. The Morgan fingerprint density at radius 3 is 2.92 bits per heavy atom. The second-order valence-corrected chi connectivity index (χ2v) is 9.26. The van der Waals surface area contributed by atoms with Crippen LogP contribution in [0.25, 0.3) is 10.9 Å². The number of benzene rings is 2. The first-order valence-corrected chi connectivity index (χ1v) is 12.4. The fourth-order valence-electron chi connectivity index (χ4n) is 4.28. The number of nitro groups is 1. The number of fused-ring (bicyclic) bond motifs is 1. The number of ether oxygens (including phenoxy) is 2. The molecule has 1 aliphatic rings. The highest BCUT2D eigenvalue weighted by Gasteiger charge is 2.26. The van der Waals surface area contributed by atoms with Gasteiger partial charge in [-0.15, -0.1) is 0 Å². The number of piperidine rings is 1. The van der Waals surface area contributed by atoms with Crippen molar-refractivity contribution in [1.82, 2.24) is 24.6 Å². The number of likely N-dealkylation sites (tertiary alicyclic amines) is 1. The Morgan fingerprint density at radius 1 is 1.31 bits per heavy atom. The number of nitrogens with one attached hydrogen (secondary N) is 1. The summed E-state index contributed by atoms with van der Waals surface area (Å²) in [6, 6.07) is 8.04. The van der Waals surface area contributed by atoms with Crippen LogP contribution in [0, 0.1) is 15.9 Å². The van der Waals surface area contributed by atoms with Crippen LogP contribution < -0.4 is 14.8 Å². The average Bonchev–Trinajstić information content (AvgIpc) is 3.40. The van der Waals surface area contributed by atoms with Crippen molar-refractivity contribution in [3.05, 3.63) is 69.9 Å². The normalized spacial score (nSPS) is 15.3. The summed E-state index contributed by atoms with van der Waals surface area (Å²) in [7, 11) is 1.51. The molecule has 1 saturated heterocycles. The molecule has 14 heteroatoms. The van der Waals surface area contributed by atoms with Gasteiger partial charge in [-0.3, -0.25) is 19.6 Å². The van der Waals surface area contributed by atoms with Gasteiger partial charge in [-0.05, 0) is 31.0 Å². The summed E-state index contributed by atoms with van der Waals surface area (Å²) in [5.41, 5.74) is 0.526. The van der Waals surface area contributed by atoms with E-state index in [1.165, 1.54) is 30.1 Å². The number of aromatic nitrogens is 4. The van der Waals surface area contributed by atoms with E-state index in [1.54, 1.807) is 29.3 Å². The van der Waals surface area contributed by atoms with E-state index in [1.807, 2.05) is 0 Å². The fraction of sp³-hybridized carbons (Fsp3) is 0.280. The molecule has 39 heavy (non-hydrogen) atoms. The first-order valence-electron chi connectivity index (χ1n) is 12.0. The molecule has 12 nitrogen and oxygen atoms in total. The highest BCUT2D eigenvalue weighted by atomic mass is 35.5. The van der Waals surface area contributed by atoms with E-state index >= 15 is 0 Å². The molecule has 2 aromatic heterocycles. The topological polar surface area (TPSA) is 138 Å². The third-order valence-electron chi connectivity index (χ3n) is 6.22. The summed E-state index contributed by atoms with van der Waals surface area (Å²) in [6.45, 7) is 0.786. The molecular weight excluding hydrogens is 533 g/mol. The minimum Gasteiger partial charge on any atom is -0.493 e. The molecule has 0 unspecified atom stereocenters. The summed E-state index contributed by atoms with van der Waals surface area (Å²) in [6.07, 6.45) is 5.07. The largest absolute Gasteiger partial charge is 0.493 e. The Labute approximate surface area is 226 Å². The Balaban J connectivity index is 1.29. The average molecular weight is 556 g/mol. The monoisotopic (exact) mass is 555 g/mol. The minimum absolute atomic E-state index is 0.0161. The van der Waals surface area contributed by atoms with Gasteiger partial charge in [-0.25, -0.2) is 14.4 Å². The molecule has 1 fully saturated rings. The molecule has 1 amide bonds. The number of rotatable bonds is 8. The van der Waals surface area contributed by atoms with Crippen molar-refractivity contribution >= 4 is 45.7 Å². The lowest BCUT2D eigenvalue weighted by molar-refractivity contribution is -0.385. The number of nitrogens with zero attached hydrogens (tertiary/aromatic N) is 6. The molecule has 5 rings (SSSR count). The molecule has 0 bridgehead atoms. The molecule has 202 valence electrons. The van der Waals surface area contributed by atoms with Gasteiger partial charge in [-0.2, -0.15) is 5.10 Å². The highest BCUT2D eigenvalue weighted by Crippen LogP contribution is 2.34. The number of amides is 1. The van der Waals surface area contributed by atoms with E-state index in [2.05, 4.69) is 20.4 Å².